The van der Waals surface area contributed by atoms with Crippen molar-refractivity contribution < 1.29 is 23.6 Å². The van der Waals surface area contributed by atoms with Gasteiger partial charge in [0.05, 0.1) is 24.5 Å². The van der Waals surface area contributed by atoms with Gasteiger partial charge in [0.1, 0.15) is 5.69 Å². The quantitative estimate of drug-likeness (QED) is 0.607. The number of hydrogen-bond donors (Lipinski definition) is 2. The zero-order valence-electron chi connectivity index (χ0n) is 10.9. The van der Waals surface area contributed by atoms with E-state index in [1.807, 2.05) is 0 Å². The fourth-order valence-corrected chi connectivity index (χ4v) is 2.25. The van der Waals surface area contributed by atoms with Gasteiger partial charge in [-0.3, -0.25) is 14.9 Å². The second-order valence-corrected chi connectivity index (χ2v) is 4.54. The molecule has 2 N–H and O–H groups in total. The summed E-state index contributed by atoms with van der Waals surface area (Å²) in [4.78, 5) is 22.8. The van der Waals surface area contributed by atoms with E-state index in [0.29, 0.717) is 11.3 Å². The summed E-state index contributed by atoms with van der Waals surface area (Å²) in [6, 6.07) is 2.51. The van der Waals surface area contributed by atoms with Crippen LogP contribution in [0, 0.1) is 10.1 Å². The summed E-state index contributed by atoms with van der Waals surface area (Å²) in [5.41, 5.74) is 0.420. The number of halogens is 2. The molecule has 0 unspecified atom stereocenters. The molecule has 0 spiro atoms. The minimum Gasteiger partial charge on any atom is -0.395 e. The molecule has 114 valence electrons. The van der Waals surface area contributed by atoms with Crippen molar-refractivity contribution in [2.75, 3.05) is 29.9 Å². The van der Waals surface area contributed by atoms with Crippen LogP contribution in [0.3, 0.4) is 0 Å². The summed E-state index contributed by atoms with van der Waals surface area (Å²) in [5.74, 6) is -0.306. The molecule has 0 aromatic heterocycles. The number of nitrogens with one attached hydrogen (secondary N) is 1. The van der Waals surface area contributed by atoms with Crippen LogP contribution in [0.1, 0.15) is 5.56 Å². The van der Waals surface area contributed by atoms with Crippen LogP contribution in [0.25, 0.3) is 0 Å². The maximum Gasteiger partial charge on any atom is 0.292 e. The van der Waals surface area contributed by atoms with Gasteiger partial charge in [-0.05, 0) is 11.6 Å². The highest BCUT2D eigenvalue weighted by molar-refractivity contribution is 6.00. The summed E-state index contributed by atoms with van der Waals surface area (Å²) in [6.07, 6.45) is -2.69. The molecule has 1 aliphatic rings. The van der Waals surface area contributed by atoms with Gasteiger partial charge in [-0.25, -0.2) is 8.78 Å². The maximum absolute atomic E-state index is 12.6. The van der Waals surface area contributed by atoms with Gasteiger partial charge in [-0.2, -0.15) is 0 Å². The zero-order chi connectivity index (χ0) is 15.6. The molecule has 0 saturated carbocycles. The number of aliphatic hydroxyl groups is 1. The van der Waals surface area contributed by atoms with Gasteiger partial charge >= 0.3 is 0 Å². The molecular weight excluding hydrogens is 288 g/mol. The number of nitro groups is 1. The predicted molar refractivity (Wildman–Crippen MR) is 70.7 cm³/mol. The Kier molecular flexibility index (Phi) is 4.32. The lowest BCUT2D eigenvalue weighted by Crippen LogP contribution is -2.32. The highest BCUT2D eigenvalue weighted by Gasteiger charge is 2.28. The smallest absolute Gasteiger partial charge is 0.292 e. The normalized spacial score (nSPS) is 13.2. The van der Waals surface area contributed by atoms with Crippen molar-refractivity contribution in [1.82, 2.24) is 0 Å². The minimum atomic E-state index is -2.71. The van der Waals surface area contributed by atoms with Crippen molar-refractivity contribution in [2.24, 2.45) is 0 Å². The second kappa shape index (κ2) is 6.00. The van der Waals surface area contributed by atoms with Gasteiger partial charge in [0.15, 0.2) is 0 Å². The highest BCUT2D eigenvalue weighted by atomic mass is 19.3. The average molecular weight is 301 g/mol. The van der Waals surface area contributed by atoms with E-state index in [-0.39, 0.29) is 30.2 Å². The number of benzene rings is 1. The number of anilines is 2. The van der Waals surface area contributed by atoms with Crippen molar-refractivity contribution in [2.45, 2.75) is 12.8 Å². The first-order valence-corrected chi connectivity index (χ1v) is 6.17. The summed E-state index contributed by atoms with van der Waals surface area (Å²) in [5, 5.41) is 22.6. The molecule has 0 atom stereocenters. The number of carbonyl (C=O) groups is 1. The number of nitro benzene ring substituents is 1. The maximum atomic E-state index is 12.6. The Morgan fingerprint density at radius 3 is 2.76 bits per heavy atom. The lowest BCUT2D eigenvalue weighted by molar-refractivity contribution is -0.384. The van der Waals surface area contributed by atoms with Crippen LogP contribution in [-0.2, 0) is 11.2 Å². The molecule has 1 aliphatic heterocycles. The highest BCUT2D eigenvalue weighted by Crippen LogP contribution is 2.36. The fraction of sp³-hybridized carbons (Fsp3) is 0.417. The molecule has 21 heavy (non-hydrogen) atoms. The number of hydrogen-bond acceptors (Lipinski definition) is 5. The monoisotopic (exact) mass is 301 g/mol. The van der Waals surface area contributed by atoms with Crippen molar-refractivity contribution in [3.8, 4) is 0 Å². The van der Waals surface area contributed by atoms with Gasteiger partial charge in [0, 0.05) is 18.3 Å². The van der Waals surface area contributed by atoms with Crippen molar-refractivity contribution in [3.63, 3.8) is 0 Å². The van der Waals surface area contributed by atoms with Gasteiger partial charge in [-0.15, -0.1) is 0 Å². The zero-order valence-corrected chi connectivity index (χ0v) is 10.9. The van der Waals surface area contributed by atoms with Crippen molar-refractivity contribution in [1.29, 1.82) is 0 Å². The SMILES string of the molecule is O=C1Cc2cc([N+](=O)[O-])c(N(CCO)CC(F)F)cc2N1. The molecule has 9 heteroatoms. The number of aliphatic hydroxyl groups excluding tert-OH is 1. The summed E-state index contributed by atoms with van der Waals surface area (Å²) >= 11 is 0. The molecule has 0 fully saturated rings. The van der Waals surface area contributed by atoms with Crippen LogP contribution < -0.4 is 10.2 Å². The fourth-order valence-electron chi connectivity index (χ4n) is 2.25. The number of rotatable bonds is 6. The first-order valence-electron chi connectivity index (χ1n) is 6.17. The van der Waals surface area contributed by atoms with Crippen molar-refractivity contribution in [3.05, 3.63) is 27.8 Å². The third-order valence-corrected chi connectivity index (χ3v) is 3.09. The second-order valence-electron chi connectivity index (χ2n) is 4.54. The average Bonchev–Trinajstić information content (AvgIpc) is 2.75. The van der Waals surface area contributed by atoms with Crippen LogP contribution in [0.4, 0.5) is 25.8 Å². The Morgan fingerprint density at radius 1 is 1.48 bits per heavy atom. The number of carbonyl (C=O) groups excluding carboxylic acids is 1. The van der Waals surface area contributed by atoms with Crippen LogP contribution in [0.2, 0.25) is 0 Å². The third-order valence-electron chi connectivity index (χ3n) is 3.09. The molecule has 1 aromatic carbocycles. The third kappa shape index (κ3) is 3.24. The molecule has 1 amide bonds. The van der Waals surface area contributed by atoms with Crippen LogP contribution in [0.15, 0.2) is 12.1 Å². The minimum absolute atomic E-state index is 0.0191. The largest absolute Gasteiger partial charge is 0.395 e. The first kappa shape index (κ1) is 15.1. The molecule has 0 aliphatic carbocycles. The molecule has 0 saturated heterocycles. The van der Waals surface area contributed by atoms with Gasteiger partial charge in [-0.1, -0.05) is 0 Å². The van der Waals surface area contributed by atoms with E-state index in [1.165, 1.54) is 12.1 Å². The number of fused-ring (bicyclic) bond motifs is 1. The number of amides is 1. The molecule has 2 rings (SSSR count). The van der Waals surface area contributed by atoms with Gasteiger partial charge in [0.2, 0.25) is 5.91 Å². The lowest BCUT2D eigenvalue weighted by Gasteiger charge is -2.23. The number of nitrogens with zero attached hydrogens (tertiary/aromatic N) is 2. The van der Waals surface area contributed by atoms with Crippen LogP contribution in [0.5, 0.6) is 0 Å². The predicted octanol–water partition coefficient (Wildman–Crippen LogP) is 1.15. The van der Waals surface area contributed by atoms with E-state index in [9.17, 15) is 23.7 Å². The Labute approximate surface area is 118 Å². The van der Waals surface area contributed by atoms with Crippen molar-refractivity contribution >= 4 is 23.0 Å². The summed E-state index contributed by atoms with van der Waals surface area (Å²) < 4.78 is 25.2. The number of alkyl halides is 2. The standard InChI is InChI=1S/C12H13F2N3O4/c13-11(14)6-16(1-2-18)9-5-8-7(4-12(19)15-8)3-10(9)17(20)21/h3,5,11,18H,1-2,4,6H2,(H,15,19). The summed E-state index contributed by atoms with van der Waals surface area (Å²) in [6.45, 7) is -1.33. The molecule has 0 radical (unpaired) electrons. The van der Waals surface area contributed by atoms with E-state index in [4.69, 9.17) is 5.11 Å². The molecule has 7 nitrogen and oxygen atoms in total. The van der Waals surface area contributed by atoms with Crippen LogP contribution in [-0.4, -0.2) is 42.1 Å². The topological polar surface area (TPSA) is 95.7 Å². The first-order chi connectivity index (χ1) is 9.92. The molecular formula is C12H13F2N3O4. The molecule has 0 bridgehead atoms. The Morgan fingerprint density at radius 2 is 2.19 bits per heavy atom. The Bertz CT molecular complexity index is 580. The van der Waals surface area contributed by atoms with E-state index >= 15 is 0 Å². The lowest BCUT2D eigenvalue weighted by atomic mass is 10.1. The van der Waals surface area contributed by atoms with E-state index in [1.54, 1.807) is 0 Å². The Hall–Kier alpha value is -2.29. The van der Waals surface area contributed by atoms with Crippen LogP contribution >= 0.6 is 0 Å². The van der Waals surface area contributed by atoms with Gasteiger partial charge in [0.25, 0.3) is 12.1 Å². The molecule has 1 aromatic rings. The van der Waals surface area contributed by atoms with E-state index in [2.05, 4.69) is 5.32 Å². The Balaban J connectivity index is 2.47. The molecule has 1 heterocycles. The van der Waals surface area contributed by atoms with Gasteiger partial charge < -0.3 is 15.3 Å². The summed E-state index contributed by atoms with van der Waals surface area (Å²) in [7, 11) is 0. The van der Waals surface area contributed by atoms with E-state index < -0.39 is 24.5 Å². The van der Waals surface area contributed by atoms with E-state index in [0.717, 1.165) is 4.90 Å².